The van der Waals surface area contributed by atoms with Gasteiger partial charge in [0.2, 0.25) is 0 Å². The van der Waals surface area contributed by atoms with Crippen LogP contribution in [0.3, 0.4) is 0 Å². The van der Waals surface area contributed by atoms with Crippen molar-refractivity contribution in [1.82, 2.24) is 9.55 Å². The minimum absolute atomic E-state index is 0.0763. The minimum Gasteiger partial charge on any atom is -0.481 e. The Morgan fingerprint density at radius 1 is 1.32 bits per heavy atom. The maximum atomic E-state index is 10.6. The fourth-order valence-corrected chi connectivity index (χ4v) is 2.77. The molecule has 0 aromatic carbocycles. The Balaban J connectivity index is 2.35. The number of carboxylic acid groups (broad SMARTS) is 1. The van der Waals surface area contributed by atoms with Crippen LogP contribution in [-0.2, 0) is 11.3 Å². The third-order valence-corrected chi connectivity index (χ3v) is 4.05. The van der Waals surface area contributed by atoms with Crippen LogP contribution in [0, 0.1) is 6.92 Å². The number of aryl methyl sites for hydroxylation is 1. The second-order valence-electron chi connectivity index (χ2n) is 4.78. The van der Waals surface area contributed by atoms with E-state index >= 15 is 0 Å². The fourth-order valence-electron chi connectivity index (χ4n) is 2.00. The first-order valence-electron chi connectivity index (χ1n) is 7.02. The molecule has 5 heteroatoms. The number of hydrogen-bond donors (Lipinski definition) is 1. The van der Waals surface area contributed by atoms with Gasteiger partial charge in [-0.1, -0.05) is 50.8 Å². The van der Waals surface area contributed by atoms with Crippen molar-refractivity contribution in [2.75, 3.05) is 5.75 Å². The van der Waals surface area contributed by atoms with Gasteiger partial charge < -0.3 is 9.67 Å². The van der Waals surface area contributed by atoms with Gasteiger partial charge in [-0.05, 0) is 13.3 Å². The van der Waals surface area contributed by atoms with Crippen molar-refractivity contribution in [2.24, 2.45) is 0 Å². The summed E-state index contributed by atoms with van der Waals surface area (Å²) in [6.45, 7) is 5.19. The molecule has 0 bridgehead atoms. The van der Waals surface area contributed by atoms with Gasteiger partial charge >= 0.3 is 5.97 Å². The largest absolute Gasteiger partial charge is 0.481 e. The second-order valence-corrected chi connectivity index (χ2v) is 5.73. The summed E-state index contributed by atoms with van der Waals surface area (Å²) < 4.78 is 2.13. The number of thioether (sulfide) groups is 1. The van der Waals surface area contributed by atoms with E-state index in [1.54, 1.807) is 0 Å². The zero-order valence-electron chi connectivity index (χ0n) is 11.9. The van der Waals surface area contributed by atoms with Crippen LogP contribution in [0.25, 0.3) is 0 Å². The molecule has 0 saturated heterocycles. The number of carbonyl (C=O) groups is 1. The van der Waals surface area contributed by atoms with Crippen LogP contribution in [0.4, 0.5) is 0 Å². The summed E-state index contributed by atoms with van der Waals surface area (Å²) in [6, 6.07) is 0. The van der Waals surface area contributed by atoms with Crippen molar-refractivity contribution < 1.29 is 9.90 Å². The van der Waals surface area contributed by atoms with Crippen LogP contribution >= 0.6 is 11.8 Å². The molecule has 0 fully saturated rings. The molecule has 1 rings (SSSR count). The Labute approximate surface area is 119 Å². The Morgan fingerprint density at radius 3 is 2.68 bits per heavy atom. The molecule has 0 saturated carbocycles. The summed E-state index contributed by atoms with van der Waals surface area (Å²) in [5.74, 6) is -0.718. The first-order valence-corrected chi connectivity index (χ1v) is 8.00. The zero-order chi connectivity index (χ0) is 14.1. The quantitative estimate of drug-likeness (QED) is 0.525. The molecule has 0 aliphatic carbocycles. The number of unbranched alkanes of at least 4 members (excludes halogenated alkanes) is 5. The first kappa shape index (κ1) is 16.1. The van der Waals surface area contributed by atoms with Gasteiger partial charge in [0.1, 0.15) is 0 Å². The molecule has 0 spiro atoms. The predicted octanol–water partition coefficient (Wildman–Crippen LogP) is 3.73. The highest BCUT2D eigenvalue weighted by atomic mass is 32.2. The normalized spacial score (nSPS) is 10.8. The van der Waals surface area contributed by atoms with Crippen molar-refractivity contribution in [1.29, 1.82) is 0 Å². The van der Waals surface area contributed by atoms with E-state index in [0.717, 1.165) is 23.8 Å². The lowest BCUT2D eigenvalue weighted by atomic mass is 10.1. The van der Waals surface area contributed by atoms with Crippen molar-refractivity contribution in [3.05, 3.63) is 11.9 Å². The molecule has 108 valence electrons. The summed E-state index contributed by atoms with van der Waals surface area (Å²) in [4.78, 5) is 14.9. The Kier molecular flexibility index (Phi) is 7.63. The molecule has 1 N–H and O–H groups in total. The van der Waals surface area contributed by atoms with Gasteiger partial charge in [0.05, 0.1) is 5.75 Å². The van der Waals surface area contributed by atoms with Gasteiger partial charge in [-0.25, -0.2) is 4.98 Å². The topological polar surface area (TPSA) is 55.1 Å². The SMILES string of the molecule is CCCCCCCCn1c(C)cnc1SCC(=O)O. The minimum atomic E-state index is -0.795. The van der Waals surface area contributed by atoms with Crippen LogP contribution in [0.1, 0.15) is 51.1 Å². The number of carboxylic acids is 1. The van der Waals surface area contributed by atoms with Crippen LogP contribution in [0.15, 0.2) is 11.4 Å². The smallest absolute Gasteiger partial charge is 0.313 e. The number of aliphatic carboxylic acids is 1. The lowest BCUT2D eigenvalue weighted by molar-refractivity contribution is -0.133. The lowest BCUT2D eigenvalue weighted by Crippen LogP contribution is -2.05. The average Bonchev–Trinajstić information content (AvgIpc) is 2.72. The molecule has 0 atom stereocenters. The highest BCUT2D eigenvalue weighted by Crippen LogP contribution is 2.19. The summed E-state index contributed by atoms with van der Waals surface area (Å²) >= 11 is 1.30. The van der Waals surface area contributed by atoms with Crippen LogP contribution < -0.4 is 0 Å². The monoisotopic (exact) mass is 284 g/mol. The van der Waals surface area contributed by atoms with E-state index in [2.05, 4.69) is 16.5 Å². The maximum absolute atomic E-state index is 10.6. The highest BCUT2D eigenvalue weighted by molar-refractivity contribution is 7.99. The highest BCUT2D eigenvalue weighted by Gasteiger charge is 2.09. The van der Waals surface area contributed by atoms with Gasteiger partial charge in [0.15, 0.2) is 5.16 Å². The van der Waals surface area contributed by atoms with Crippen molar-refractivity contribution in [3.8, 4) is 0 Å². The molecule has 0 aliphatic heterocycles. The molecule has 1 aromatic rings. The number of nitrogens with zero attached hydrogens (tertiary/aromatic N) is 2. The van der Waals surface area contributed by atoms with E-state index in [4.69, 9.17) is 5.11 Å². The molecule has 0 radical (unpaired) electrons. The van der Waals surface area contributed by atoms with Crippen molar-refractivity contribution in [2.45, 2.75) is 64.1 Å². The summed E-state index contributed by atoms with van der Waals surface area (Å²) in [5.41, 5.74) is 1.11. The molecule has 0 unspecified atom stereocenters. The van der Waals surface area contributed by atoms with Gasteiger partial charge in [-0.15, -0.1) is 0 Å². The van der Waals surface area contributed by atoms with Crippen molar-refractivity contribution in [3.63, 3.8) is 0 Å². The molecular formula is C14H24N2O2S. The van der Waals surface area contributed by atoms with E-state index in [0.29, 0.717) is 0 Å². The van der Waals surface area contributed by atoms with E-state index in [-0.39, 0.29) is 5.75 Å². The number of rotatable bonds is 10. The number of hydrogen-bond acceptors (Lipinski definition) is 3. The van der Waals surface area contributed by atoms with Crippen LogP contribution in [0.2, 0.25) is 0 Å². The summed E-state index contributed by atoms with van der Waals surface area (Å²) in [5, 5.41) is 9.54. The van der Waals surface area contributed by atoms with Gasteiger partial charge in [0.25, 0.3) is 0 Å². The van der Waals surface area contributed by atoms with E-state index in [1.807, 2.05) is 13.1 Å². The Morgan fingerprint density at radius 2 is 2.00 bits per heavy atom. The molecule has 0 aliphatic rings. The first-order chi connectivity index (χ1) is 9.15. The predicted molar refractivity (Wildman–Crippen MR) is 78.7 cm³/mol. The van der Waals surface area contributed by atoms with E-state index in [1.165, 1.54) is 43.9 Å². The fraction of sp³-hybridized carbons (Fsp3) is 0.714. The van der Waals surface area contributed by atoms with Gasteiger partial charge in [-0.2, -0.15) is 0 Å². The zero-order valence-corrected chi connectivity index (χ0v) is 12.7. The number of aromatic nitrogens is 2. The molecular weight excluding hydrogens is 260 g/mol. The molecule has 1 aromatic heterocycles. The lowest BCUT2D eigenvalue weighted by Gasteiger charge is -2.09. The Hall–Kier alpha value is -0.970. The van der Waals surface area contributed by atoms with Crippen LogP contribution in [0.5, 0.6) is 0 Å². The molecule has 1 heterocycles. The van der Waals surface area contributed by atoms with E-state index < -0.39 is 5.97 Å². The average molecular weight is 284 g/mol. The third kappa shape index (κ3) is 6.14. The summed E-state index contributed by atoms with van der Waals surface area (Å²) in [7, 11) is 0. The third-order valence-electron chi connectivity index (χ3n) is 3.08. The number of imidazole rings is 1. The van der Waals surface area contributed by atoms with Crippen LogP contribution in [-0.4, -0.2) is 26.4 Å². The van der Waals surface area contributed by atoms with Gasteiger partial charge in [0, 0.05) is 18.4 Å². The molecule has 4 nitrogen and oxygen atoms in total. The van der Waals surface area contributed by atoms with Gasteiger partial charge in [-0.3, -0.25) is 4.79 Å². The Bertz CT molecular complexity index is 391. The van der Waals surface area contributed by atoms with Crippen molar-refractivity contribution >= 4 is 17.7 Å². The molecule has 0 amide bonds. The standard InChI is InChI=1S/C14H24N2O2S/c1-3-4-5-6-7-8-9-16-12(2)10-15-14(16)19-11-13(17)18/h10H,3-9,11H2,1-2H3,(H,17,18). The van der Waals surface area contributed by atoms with E-state index in [9.17, 15) is 4.79 Å². The maximum Gasteiger partial charge on any atom is 0.313 e. The summed E-state index contributed by atoms with van der Waals surface area (Å²) in [6.07, 6.45) is 9.41. The second kappa shape index (κ2) is 9.02. The molecule has 19 heavy (non-hydrogen) atoms.